The lowest BCUT2D eigenvalue weighted by Gasteiger charge is -2.39. The van der Waals surface area contributed by atoms with Gasteiger partial charge in [-0.25, -0.2) is 0 Å². The van der Waals surface area contributed by atoms with Crippen LogP contribution in [-0.2, 0) is 16.6 Å². The van der Waals surface area contributed by atoms with Crippen LogP contribution in [0.15, 0.2) is 24.3 Å². The molecule has 17 heavy (non-hydrogen) atoms. The normalized spacial score (nSPS) is 23.4. The van der Waals surface area contributed by atoms with Crippen molar-refractivity contribution >= 4 is 0 Å². The van der Waals surface area contributed by atoms with E-state index in [-0.39, 0.29) is 5.41 Å². The predicted octanol–water partition coefficient (Wildman–Crippen LogP) is 2.52. The highest BCUT2D eigenvalue weighted by Crippen LogP contribution is 2.37. The molecule has 1 aliphatic rings. The summed E-state index contributed by atoms with van der Waals surface area (Å²) < 4.78 is 5.75. The van der Waals surface area contributed by atoms with Crippen molar-refractivity contribution in [1.82, 2.24) is 5.32 Å². The van der Waals surface area contributed by atoms with E-state index in [1.807, 2.05) is 7.05 Å². The topological polar surface area (TPSA) is 21.3 Å². The zero-order valence-electron chi connectivity index (χ0n) is 11.0. The van der Waals surface area contributed by atoms with Crippen LogP contribution in [0.4, 0.5) is 0 Å². The molecule has 1 unspecified atom stereocenters. The minimum Gasteiger partial charge on any atom is -0.381 e. The smallest absolute Gasteiger partial charge is 0.0575 e. The Labute approximate surface area is 104 Å². The molecule has 2 nitrogen and oxygen atoms in total. The van der Waals surface area contributed by atoms with E-state index in [1.165, 1.54) is 30.4 Å². The van der Waals surface area contributed by atoms with E-state index in [1.54, 1.807) is 0 Å². The van der Waals surface area contributed by atoms with Gasteiger partial charge in [0, 0.05) is 18.6 Å². The van der Waals surface area contributed by atoms with Crippen LogP contribution in [0.1, 0.15) is 30.9 Å². The van der Waals surface area contributed by atoms with Crippen molar-refractivity contribution in [3.63, 3.8) is 0 Å². The Morgan fingerprint density at radius 2 is 2.18 bits per heavy atom. The van der Waals surface area contributed by atoms with Crippen LogP contribution in [0.3, 0.4) is 0 Å². The van der Waals surface area contributed by atoms with Gasteiger partial charge in [0.25, 0.3) is 0 Å². The largest absolute Gasteiger partial charge is 0.381 e. The summed E-state index contributed by atoms with van der Waals surface area (Å²) in [7, 11) is 2.03. The van der Waals surface area contributed by atoms with E-state index in [0.717, 1.165) is 19.8 Å². The highest BCUT2D eigenvalue weighted by molar-refractivity contribution is 5.37. The molecule has 2 heteroatoms. The van der Waals surface area contributed by atoms with Gasteiger partial charge in [-0.15, -0.1) is 0 Å². The molecule has 1 aromatic carbocycles. The van der Waals surface area contributed by atoms with Crippen molar-refractivity contribution in [2.45, 2.75) is 31.6 Å². The Bertz CT molecular complexity index is 364. The minimum atomic E-state index is 0.180. The molecule has 0 aliphatic heterocycles. The average molecular weight is 233 g/mol. The summed E-state index contributed by atoms with van der Waals surface area (Å²) in [4.78, 5) is 0. The van der Waals surface area contributed by atoms with Crippen molar-refractivity contribution in [2.24, 2.45) is 0 Å². The number of hydrogen-bond acceptors (Lipinski definition) is 2. The third-order valence-electron chi connectivity index (χ3n) is 3.79. The number of fused-ring (bicyclic) bond motifs is 1. The molecule has 0 radical (unpaired) electrons. The summed E-state index contributed by atoms with van der Waals surface area (Å²) in [6.45, 7) is 4.71. The lowest BCUT2D eigenvalue weighted by atomic mass is 9.70. The first-order valence-corrected chi connectivity index (χ1v) is 6.63. The summed E-state index contributed by atoms with van der Waals surface area (Å²) in [6.07, 6.45) is 3.71. The van der Waals surface area contributed by atoms with Gasteiger partial charge in [0.1, 0.15) is 0 Å². The third-order valence-corrected chi connectivity index (χ3v) is 3.79. The molecule has 0 saturated heterocycles. The van der Waals surface area contributed by atoms with Gasteiger partial charge in [0.15, 0.2) is 0 Å². The number of benzene rings is 1. The fourth-order valence-electron chi connectivity index (χ4n) is 3.03. The summed E-state index contributed by atoms with van der Waals surface area (Å²) >= 11 is 0. The maximum Gasteiger partial charge on any atom is 0.0575 e. The second-order valence-corrected chi connectivity index (χ2v) is 4.96. The maximum atomic E-state index is 5.75. The Balaban J connectivity index is 2.32. The molecular weight excluding hydrogens is 210 g/mol. The van der Waals surface area contributed by atoms with Crippen LogP contribution in [-0.4, -0.2) is 26.8 Å². The van der Waals surface area contributed by atoms with E-state index in [2.05, 4.69) is 36.5 Å². The molecular formula is C15H23NO. The van der Waals surface area contributed by atoms with Gasteiger partial charge in [0.05, 0.1) is 6.61 Å². The molecule has 0 amide bonds. The van der Waals surface area contributed by atoms with Crippen LogP contribution in [0.5, 0.6) is 0 Å². The van der Waals surface area contributed by atoms with Crippen LogP contribution in [0.25, 0.3) is 0 Å². The number of likely N-dealkylation sites (N-methyl/N-ethyl adjacent to an activating group) is 1. The molecule has 2 rings (SSSR count). The third kappa shape index (κ3) is 2.53. The minimum absolute atomic E-state index is 0.180. The zero-order chi connectivity index (χ0) is 12.1. The molecule has 0 heterocycles. The Hall–Kier alpha value is -0.860. The fraction of sp³-hybridized carbons (Fsp3) is 0.600. The van der Waals surface area contributed by atoms with E-state index < -0.39 is 0 Å². The maximum absolute atomic E-state index is 5.75. The monoisotopic (exact) mass is 233 g/mol. The first-order chi connectivity index (χ1) is 8.32. The zero-order valence-corrected chi connectivity index (χ0v) is 11.0. The Kier molecular flexibility index (Phi) is 4.19. The number of nitrogens with one attached hydrogen (secondary N) is 1. The summed E-state index contributed by atoms with van der Waals surface area (Å²) in [5.74, 6) is 0. The van der Waals surface area contributed by atoms with Gasteiger partial charge in [0.2, 0.25) is 0 Å². The SMILES string of the molecule is CCOCC1(CNC)CCCc2ccccc21. The second-order valence-electron chi connectivity index (χ2n) is 4.96. The van der Waals surface area contributed by atoms with Crippen molar-refractivity contribution in [2.75, 3.05) is 26.8 Å². The summed E-state index contributed by atoms with van der Waals surface area (Å²) in [6, 6.07) is 8.85. The lowest BCUT2D eigenvalue weighted by Crippen LogP contribution is -2.43. The Morgan fingerprint density at radius 1 is 1.35 bits per heavy atom. The van der Waals surface area contributed by atoms with Gasteiger partial charge < -0.3 is 10.1 Å². The van der Waals surface area contributed by atoms with Gasteiger partial charge in [-0.1, -0.05) is 24.3 Å². The molecule has 1 aromatic rings. The first kappa shape index (κ1) is 12.6. The van der Waals surface area contributed by atoms with E-state index >= 15 is 0 Å². The standard InChI is InChI=1S/C15H23NO/c1-3-17-12-15(11-16-2)10-6-8-13-7-4-5-9-14(13)15/h4-5,7,9,16H,3,6,8,10-12H2,1-2H3. The van der Waals surface area contributed by atoms with Crippen LogP contribution >= 0.6 is 0 Å². The molecule has 1 atom stereocenters. The van der Waals surface area contributed by atoms with Crippen molar-refractivity contribution in [3.05, 3.63) is 35.4 Å². The molecule has 0 bridgehead atoms. The average Bonchev–Trinajstić information content (AvgIpc) is 2.37. The highest BCUT2D eigenvalue weighted by atomic mass is 16.5. The van der Waals surface area contributed by atoms with Crippen LogP contribution in [0, 0.1) is 0 Å². The molecule has 0 spiro atoms. The Morgan fingerprint density at radius 3 is 2.94 bits per heavy atom. The molecule has 0 saturated carbocycles. The number of aryl methyl sites for hydroxylation is 1. The molecule has 94 valence electrons. The first-order valence-electron chi connectivity index (χ1n) is 6.63. The van der Waals surface area contributed by atoms with Crippen molar-refractivity contribution < 1.29 is 4.74 Å². The number of ether oxygens (including phenoxy) is 1. The quantitative estimate of drug-likeness (QED) is 0.844. The summed E-state index contributed by atoms with van der Waals surface area (Å²) in [5, 5.41) is 3.35. The molecule has 1 N–H and O–H groups in total. The van der Waals surface area contributed by atoms with E-state index in [4.69, 9.17) is 4.74 Å². The predicted molar refractivity (Wildman–Crippen MR) is 71.5 cm³/mol. The van der Waals surface area contributed by atoms with Crippen molar-refractivity contribution in [1.29, 1.82) is 0 Å². The van der Waals surface area contributed by atoms with Gasteiger partial charge in [-0.05, 0) is 44.4 Å². The van der Waals surface area contributed by atoms with Crippen LogP contribution < -0.4 is 5.32 Å². The number of hydrogen-bond donors (Lipinski definition) is 1. The lowest BCUT2D eigenvalue weighted by molar-refractivity contribution is 0.0829. The molecule has 0 fully saturated rings. The number of rotatable bonds is 5. The highest BCUT2D eigenvalue weighted by Gasteiger charge is 2.35. The fourth-order valence-corrected chi connectivity index (χ4v) is 3.03. The van der Waals surface area contributed by atoms with Crippen molar-refractivity contribution in [3.8, 4) is 0 Å². The second kappa shape index (κ2) is 5.65. The molecule has 0 aromatic heterocycles. The van der Waals surface area contributed by atoms with Crippen LogP contribution in [0.2, 0.25) is 0 Å². The molecule has 1 aliphatic carbocycles. The summed E-state index contributed by atoms with van der Waals surface area (Å²) in [5.41, 5.74) is 3.18. The van der Waals surface area contributed by atoms with E-state index in [9.17, 15) is 0 Å². The van der Waals surface area contributed by atoms with E-state index in [0.29, 0.717) is 0 Å². The van der Waals surface area contributed by atoms with Gasteiger partial charge >= 0.3 is 0 Å². The van der Waals surface area contributed by atoms with Gasteiger partial charge in [-0.2, -0.15) is 0 Å². The van der Waals surface area contributed by atoms with Gasteiger partial charge in [-0.3, -0.25) is 0 Å².